The predicted octanol–water partition coefficient (Wildman–Crippen LogP) is 4.14. The number of aliphatic hydroxyl groups is 1. The van der Waals surface area contributed by atoms with Gasteiger partial charge in [-0.3, -0.25) is 29.2 Å². The van der Waals surface area contributed by atoms with Gasteiger partial charge in [-0.25, -0.2) is 5.43 Å². The zero-order valence-corrected chi connectivity index (χ0v) is 28.5. The molecule has 2 aromatic rings. The number of esters is 1. The van der Waals surface area contributed by atoms with E-state index in [-0.39, 0.29) is 11.8 Å². The molecule has 2 fully saturated rings. The lowest BCUT2D eigenvalue weighted by atomic mass is 9.99. The van der Waals surface area contributed by atoms with Crippen molar-refractivity contribution in [1.82, 2.24) is 26.1 Å². The molecule has 14 heteroatoms. The van der Waals surface area contributed by atoms with Gasteiger partial charge in [0.05, 0.1) is 17.2 Å². The first kappa shape index (κ1) is 35.9. The molecular weight excluding hydrogens is 657 g/mol. The fourth-order valence-electron chi connectivity index (χ4n) is 5.16. The zero-order valence-electron chi connectivity index (χ0n) is 26.2. The number of nitrogens with one attached hydrogen (secondary N) is 3. The van der Waals surface area contributed by atoms with Crippen LogP contribution in [0.4, 0.5) is 0 Å². The largest absolute Gasteiger partial charge is 0.460 e. The molecule has 4 atom stereocenters. The Bertz CT molecular complexity index is 1490. The molecule has 1 saturated heterocycles. The molecule has 1 aromatic carbocycles. The van der Waals surface area contributed by atoms with Gasteiger partial charge in [-0.15, -0.1) is 0 Å². The van der Waals surface area contributed by atoms with E-state index in [1.807, 2.05) is 44.2 Å². The minimum absolute atomic E-state index is 0.263. The molecule has 2 aliphatic rings. The van der Waals surface area contributed by atoms with Crippen molar-refractivity contribution in [2.45, 2.75) is 81.4 Å². The highest BCUT2D eigenvalue weighted by atomic mass is 35.6. The third-order valence-corrected chi connectivity index (χ3v) is 8.47. The van der Waals surface area contributed by atoms with Crippen molar-refractivity contribution >= 4 is 75.3 Å². The van der Waals surface area contributed by atoms with Crippen molar-refractivity contribution in [3.63, 3.8) is 0 Å². The molecule has 1 aliphatic carbocycles. The molecule has 250 valence electrons. The number of halogens is 3. The number of benzene rings is 1. The first-order chi connectivity index (χ1) is 21.6. The van der Waals surface area contributed by atoms with E-state index in [1.165, 1.54) is 11.9 Å². The molecule has 0 bridgehead atoms. The summed E-state index contributed by atoms with van der Waals surface area (Å²) in [4.78, 5) is 56.8. The molecule has 4 N–H and O–H groups in total. The Morgan fingerprint density at radius 1 is 1.13 bits per heavy atom. The van der Waals surface area contributed by atoms with Crippen molar-refractivity contribution in [3.8, 4) is 0 Å². The van der Waals surface area contributed by atoms with Crippen molar-refractivity contribution in [2.75, 3.05) is 13.2 Å². The number of carbonyl (C=O) groups excluding carboxylic acids is 4. The molecule has 0 radical (unpaired) electrons. The standard InChI is InChI=1S/C32H40Cl3N5O6/c1-18(2)26(27(42)37-19(3)28(43)40-13-5-6-25(39-40)29(44)46-17-32(33,34)35)38-30(45)31(11-12-31)10-9-24-15-23-14-21(20(4)41)7-8-22(23)16-36-24/h7-10,14-16,18-20,25-26,39,41H,5-6,11-13,17H2,1-4H3,(H,37,42)(H,38,45)/b10-9+/t19-,20+,25?,26-/m0/s1. The topological polar surface area (TPSA) is 150 Å². The Morgan fingerprint density at radius 3 is 2.48 bits per heavy atom. The predicted molar refractivity (Wildman–Crippen MR) is 177 cm³/mol. The number of rotatable bonds is 11. The number of hydrogen-bond donors (Lipinski definition) is 4. The van der Waals surface area contributed by atoms with Gasteiger partial charge in [0.25, 0.3) is 5.91 Å². The van der Waals surface area contributed by atoms with Crippen molar-refractivity contribution in [2.24, 2.45) is 11.3 Å². The number of hydrazine groups is 1. The van der Waals surface area contributed by atoms with E-state index in [0.717, 1.165) is 16.3 Å². The summed E-state index contributed by atoms with van der Waals surface area (Å²) in [5.41, 5.74) is 3.55. The molecule has 4 rings (SSSR count). The van der Waals surface area contributed by atoms with Gasteiger partial charge in [-0.05, 0) is 74.6 Å². The molecule has 0 spiro atoms. The summed E-state index contributed by atoms with van der Waals surface area (Å²) >= 11 is 17.0. The number of aliphatic hydroxyl groups excluding tert-OH is 1. The van der Waals surface area contributed by atoms with Gasteiger partial charge in [0.1, 0.15) is 24.7 Å². The molecule has 3 amide bonds. The monoisotopic (exact) mass is 695 g/mol. The van der Waals surface area contributed by atoms with Crippen LogP contribution in [0, 0.1) is 11.3 Å². The molecular formula is C32H40Cl3N5O6. The second kappa shape index (κ2) is 14.9. The van der Waals surface area contributed by atoms with Gasteiger partial charge in [-0.1, -0.05) is 66.9 Å². The average molecular weight is 697 g/mol. The maximum Gasteiger partial charge on any atom is 0.325 e. The molecule has 11 nitrogen and oxygen atoms in total. The summed E-state index contributed by atoms with van der Waals surface area (Å²) < 4.78 is 3.28. The van der Waals surface area contributed by atoms with Gasteiger partial charge < -0.3 is 20.5 Å². The smallest absolute Gasteiger partial charge is 0.325 e. The van der Waals surface area contributed by atoms with E-state index < -0.39 is 57.8 Å². The van der Waals surface area contributed by atoms with E-state index in [4.69, 9.17) is 39.5 Å². The number of ether oxygens (including phenoxy) is 1. The van der Waals surface area contributed by atoms with Crippen LogP contribution in [0.15, 0.2) is 36.5 Å². The number of carbonyl (C=O) groups is 4. The highest BCUT2D eigenvalue weighted by molar-refractivity contribution is 6.67. The zero-order chi connectivity index (χ0) is 33.8. The summed E-state index contributed by atoms with van der Waals surface area (Å²) in [6.45, 7) is 6.76. The van der Waals surface area contributed by atoms with Crippen LogP contribution in [-0.2, 0) is 23.9 Å². The second-order valence-corrected chi connectivity index (χ2v) is 14.9. The summed E-state index contributed by atoms with van der Waals surface area (Å²) in [5.74, 6) is -2.15. The maximum atomic E-state index is 13.4. The fourth-order valence-corrected chi connectivity index (χ4v) is 5.33. The van der Waals surface area contributed by atoms with Crippen LogP contribution in [0.1, 0.15) is 70.7 Å². The molecule has 2 heterocycles. The van der Waals surface area contributed by atoms with Crippen LogP contribution in [0.25, 0.3) is 16.8 Å². The third kappa shape index (κ3) is 9.32. The van der Waals surface area contributed by atoms with Crippen LogP contribution >= 0.6 is 34.8 Å². The van der Waals surface area contributed by atoms with E-state index in [1.54, 1.807) is 19.2 Å². The average Bonchev–Trinajstić information content (AvgIpc) is 3.81. The Labute approximate surface area is 283 Å². The summed E-state index contributed by atoms with van der Waals surface area (Å²) in [6.07, 6.45) is 6.98. The van der Waals surface area contributed by atoms with Gasteiger partial charge in [-0.2, -0.15) is 0 Å². The SMILES string of the molecule is CC(C)[C@H](NC(=O)C1(/C=C/c2cc3cc([C@@H](C)O)ccc3cn2)CC1)C(=O)N[C@@H](C)C(=O)N1CCCC(C(=O)OCC(Cl)(Cl)Cl)N1. The molecule has 1 aliphatic heterocycles. The Kier molecular flexibility index (Phi) is 11.6. The maximum absolute atomic E-state index is 13.4. The number of pyridine rings is 1. The van der Waals surface area contributed by atoms with Crippen LogP contribution in [-0.4, -0.2) is 73.9 Å². The van der Waals surface area contributed by atoms with E-state index >= 15 is 0 Å². The fraction of sp³-hybridized carbons (Fsp3) is 0.531. The molecule has 1 unspecified atom stereocenters. The number of amides is 3. The quantitative estimate of drug-likeness (QED) is 0.202. The van der Waals surface area contributed by atoms with Gasteiger partial charge in [0.15, 0.2) is 0 Å². The van der Waals surface area contributed by atoms with Crippen LogP contribution in [0.2, 0.25) is 0 Å². The number of hydrogen-bond acceptors (Lipinski definition) is 8. The minimum atomic E-state index is -1.75. The van der Waals surface area contributed by atoms with E-state index in [2.05, 4.69) is 21.0 Å². The van der Waals surface area contributed by atoms with Crippen LogP contribution in [0.5, 0.6) is 0 Å². The Morgan fingerprint density at radius 2 is 1.85 bits per heavy atom. The molecule has 46 heavy (non-hydrogen) atoms. The first-order valence-corrected chi connectivity index (χ1v) is 16.4. The van der Waals surface area contributed by atoms with Crippen LogP contribution < -0.4 is 16.1 Å². The highest BCUT2D eigenvalue weighted by Gasteiger charge is 2.48. The number of aromatic nitrogens is 1. The number of nitrogens with zero attached hydrogens (tertiary/aromatic N) is 2. The lowest BCUT2D eigenvalue weighted by Crippen LogP contribution is -2.61. The summed E-state index contributed by atoms with van der Waals surface area (Å²) in [7, 11) is 0. The van der Waals surface area contributed by atoms with E-state index in [0.29, 0.717) is 37.9 Å². The molecule has 1 aromatic heterocycles. The van der Waals surface area contributed by atoms with Crippen molar-refractivity contribution < 1.29 is 29.0 Å². The summed E-state index contributed by atoms with van der Waals surface area (Å²) in [5, 5.41) is 18.7. The number of fused-ring (bicyclic) bond motifs is 1. The lowest BCUT2D eigenvalue weighted by Gasteiger charge is -2.34. The van der Waals surface area contributed by atoms with Crippen molar-refractivity contribution in [1.29, 1.82) is 0 Å². The Hall–Kier alpha value is -2.96. The second-order valence-electron chi connectivity index (χ2n) is 12.3. The normalized spacial score (nSPS) is 19.8. The Balaban J connectivity index is 1.35. The van der Waals surface area contributed by atoms with Crippen LogP contribution in [0.3, 0.4) is 0 Å². The highest BCUT2D eigenvalue weighted by Crippen LogP contribution is 2.48. The van der Waals surface area contributed by atoms with E-state index in [9.17, 15) is 24.3 Å². The van der Waals surface area contributed by atoms with Gasteiger partial charge >= 0.3 is 5.97 Å². The molecule has 1 saturated carbocycles. The number of alkyl halides is 3. The minimum Gasteiger partial charge on any atom is -0.460 e. The third-order valence-electron chi connectivity index (χ3n) is 8.14. The van der Waals surface area contributed by atoms with Gasteiger partial charge in [0, 0.05) is 18.1 Å². The van der Waals surface area contributed by atoms with Crippen molar-refractivity contribution in [3.05, 3.63) is 47.8 Å². The summed E-state index contributed by atoms with van der Waals surface area (Å²) in [6, 6.07) is 4.94. The van der Waals surface area contributed by atoms with Gasteiger partial charge in [0.2, 0.25) is 15.6 Å². The lowest BCUT2D eigenvalue weighted by molar-refractivity contribution is -0.152. The first-order valence-electron chi connectivity index (χ1n) is 15.3.